The molecule has 0 radical (unpaired) electrons. The second-order valence-electron chi connectivity index (χ2n) is 5.85. The third-order valence-corrected chi connectivity index (χ3v) is 3.13. The molecular weight excluding hydrogens is 334 g/mol. The van der Waals surface area contributed by atoms with Crippen LogP contribution in [0.4, 0.5) is 0 Å². The minimum atomic E-state index is -1.24. The molecular formula is C15H25N3O7. The molecule has 10 heteroatoms. The van der Waals surface area contributed by atoms with E-state index in [4.69, 9.17) is 10.2 Å². The van der Waals surface area contributed by atoms with Crippen LogP contribution in [0.15, 0.2) is 0 Å². The van der Waals surface area contributed by atoms with Gasteiger partial charge >= 0.3 is 11.9 Å². The number of hydrogen-bond acceptors (Lipinski definition) is 6. The maximum absolute atomic E-state index is 12.1. The summed E-state index contributed by atoms with van der Waals surface area (Å²) in [6, 6.07) is -2.03. The van der Waals surface area contributed by atoms with Crippen LogP contribution in [0.25, 0.3) is 0 Å². The fraction of sp³-hybridized carbons (Fsp3) is 0.667. The van der Waals surface area contributed by atoms with E-state index < -0.39 is 54.6 Å². The number of nitrogens with one attached hydrogen (secondary N) is 3. The molecule has 0 heterocycles. The highest BCUT2D eigenvalue weighted by Gasteiger charge is 2.23. The fourth-order valence-corrected chi connectivity index (χ4v) is 1.97. The number of hydrogen-bond donors (Lipinski definition) is 5. The van der Waals surface area contributed by atoms with Gasteiger partial charge in [0.2, 0.25) is 11.8 Å². The van der Waals surface area contributed by atoms with E-state index in [0.717, 1.165) is 6.92 Å². The van der Waals surface area contributed by atoms with E-state index in [1.807, 2.05) is 0 Å². The Balaban J connectivity index is 4.59. The first-order valence-electron chi connectivity index (χ1n) is 7.80. The summed E-state index contributed by atoms with van der Waals surface area (Å²) in [7, 11) is 0. The SMILES string of the molecule is CC(=O)[C@H](CC(=O)O)NC(=O)CNC(=O)[C@H](CCC(=O)O)NC(C)C. The molecule has 142 valence electrons. The minimum Gasteiger partial charge on any atom is -0.481 e. The summed E-state index contributed by atoms with van der Waals surface area (Å²) in [6.07, 6.45) is -0.712. The highest BCUT2D eigenvalue weighted by atomic mass is 16.4. The van der Waals surface area contributed by atoms with Gasteiger partial charge in [0.1, 0.15) is 0 Å². The van der Waals surface area contributed by atoms with Crippen LogP contribution in [0, 0.1) is 0 Å². The molecule has 0 saturated heterocycles. The van der Waals surface area contributed by atoms with Gasteiger partial charge in [-0.25, -0.2) is 0 Å². The molecule has 0 saturated carbocycles. The van der Waals surface area contributed by atoms with Gasteiger partial charge in [0.05, 0.1) is 25.0 Å². The van der Waals surface area contributed by atoms with Gasteiger partial charge in [-0.05, 0) is 13.3 Å². The number of aliphatic carboxylic acids is 2. The number of ketones is 1. The summed E-state index contributed by atoms with van der Waals surface area (Å²) < 4.78 is 0. The number of amides is 2. The first kappa shape index (κ1) is 22.5. The largest absolute Gasteiger partial charge is 0.481 e. The smallest absolute Gasteiger partial charge is 0.305 e. The lowest BCUT2D eigenvalue weighted by Gasteiger charge is -2.20. The van der Waals surface area contributed by atoms with E-state index in [1.165, 1.54) is 0 Å². The van der Waals surface area contributed by atoms with Crippen molar-refractivity contribution in [2.75, 3.05) is 6.54 Å². The summed E-state index contributed by atoms with van der Waals surface area (Å²) in [5.74, 6) is -4.06. The molecule has 2 atom stereocenters. The summed E-state index contributed by atoms with van der Waals surface area (Å²) in [4.78, 5) is 56.5. The maximum atomic E-state index is 12.1. The van der Waals surface area contributed by atoms with E-state index >= 15 is 0 Å². The van der Waals surface area contributed by atoms with Crippen molar-refractivity contribution in [1.29, 1.82) is 0 Å². The predicted molar refractivity (Wildman–Crippen MR) is 86.8 cm³/mol. The molecule has 0 aromatic rings. The lowest BCUT2D eigenvalue weighted by atomic mass is 10.1. The molecule has 0 unspecified atom stereocenters. The van der Waals surface area contributed by atoms with Crippen molar-refractivity contribution in [3.63, 3.8) is 0 Å². The van der Waals surface area contributed by atoms with Gasteiger partial charge < -0.3 is 26.2 Å². The molecule has 0 aliphatic heterocycles. The van der Waals surface area contributed by atoms with Crippen molar-refractivity contribution in [3.05, 3.63) is 0 Å². The zero-order valence-electron chi connectivity index (χ0n) is 14.5. The molecule has 25 heavy (non-hydrogen) atoms. The zero-order chi connectivity index (χ0) is 19.6. The normalized spacial score (nSPS) is 13.0. The Kier molecular flexibility index (Phi) is 10.0. The minimum absolute atomic E-state index is 0.0516. The van der Waals surface area contributed by atoms with Crippen LogP contribution in [0.1, 0.15) is 40.0 Å². The van der Waals surface area contributed by atoms with Crippen LogP contribution >= 0.6 is 0 Å². The monoisotopic (exact) mass is 359 g/mol. The van der Waals surface area contributed by atoms with E-state index in [-0.39, 0.29) is 18.9 Å². The maximum Gasteiger partial charge on any atom is 0.305 e. The number of carboxylic acids is 2. The fourth-order valence-electron chi connectivity index (χ4n) is 1.97. The predicted octanol–water partition coefficient (Wildman–Crippen LogP) is -1.12. The average molecular weight is 359 g/mol. The Labute approximate surface area is 145 Å². The van der Waals surface area contributed by atoms with Gasteiger partial charge in [-0.15, -0.1) is 0 Å². The summed E-state index contributed by atoms with van der Waals surface area (Å²) in [5, 5.41) is 24.9. The molecule has 5 N–H and O–H groups in total. The van der Waals surface area contributed by atoms with Crippen LogP contribution in [-0.4, -0.2) is 64.4 Å². The molecule has 0 aliphatic carbocycles. The van der Waals surface area contributed by atoms with Crippen LogP contribution < -0.4 is 16.0 Å². The zero-order valence-corrected chi connectivity index (χ0v) is 14.5. The summed E-state index contributed by atoms with van der Waals surface area (Å²) in [5.41, 5.74) is 0. The summed E-state index contributed by atoms with van der Waals surface area (Å²) >= 11 is 0. The van der Waals surface area contributed by atoms with Gasteiger partial charge in [-0.1, -0.05) is 13.8 Å². The number of carboxylic acid groups (broad SMARTS) is 2. The molecule has 2 amide bonds. The van der Waals surface area contributed by atoms with E-state index in [9.17, 15) is 24.0 Å². The van der Waals surface area contributed by atoms with Crippen molar-refractivity contribution in [2.24, 2.45) is 0 Å². The number of rotatable bonds is 12. The molecule has 0 spiro atoms. The molecule has 10 nitrogen and oxygen atoms in total. The van der Waals surface area contributed by atoms with Crippen molar-refractivity contribution in [1.82, 2.24) is 16.0 Å². The third kappa shape index (κ3) is 10.8. The van der Waals surface area contributed by atoms with Crippen LogP contribution in [-0.2, 0) is 24.0 Å². The topological polar surface area (TPSA) is 162 Å². The average Bonchev–Trinajstić information content (AvgIpc) is 2.47. The second kappa shape index (κ2) is 11.1. The Morgan fingerprint density at radius 1 is 0.960 bits per heavy atom. The van der Waals surface area contributed by atoms with Crippen LogP contribution in [0.3, 0.4) is 0 Å². The molecule has 0 bridgehead atoms. The van der Waals surface area contributed by atoms with E-state index in [2.05, 4.69) is 16.0 Å². The number of Topliss-reactive ketones (excluding diaryl/α,β-unsaturated/α-hetero) is 1. The number of carbonyl (C=O) groups is 5. The third-order valence-electron chi connectivity index (χ3n) is 3.13. The molecule has 0 aromatic carbocycles. The Morgan fingerprint density at radius 2 is 1.56 bits per heavy atom. The van der Waals surface area contributed by atoms with Gasteiger partial charge in [-0.2, -0.15) is 0 Å². The first-order chi connectivity index (χ1) is 11.5. The second-order valence-corrected chi connectivity index (χ2v) is 5.85. The Bertz CT molecular complexity index is 519. The Morgan fingerprint density at radius 3 is 2.00 bits per heavy atom. The highest BCUT2D eigenvalue weighted by Crippen LogP contribution is 2.00. The van der Waals surface area contributed by atoms with Crippen LogP contribution in [0.2, 0.25) is 0 Å². The first-order valence-corrected chi connectivity index (χ1v) is 7.80. The van der Waals surface area contributed by atoms with Gasteiger partial charge in [-0.3, -0.25) is 24.0 Å². The molecule has 0 fully saturated rings. The van der Waals surface area contributed by atoms with E-state index in [0.29, 0.717) is 0 Å². The van der Waals surface area contributed by atoms with Gasteiger partial charge in [0.15, 0.2) is 5.78 Å². The van der Waals surface area contributed by atoms with Gasteiger partial charge in [0, 0.05) is 12.5 Å². The molecule has 0 aliphatic rings. The van der Waals surface area contributed by atoms with Crippen molar-refractivity contribution < 1.29 is 34.2 Å². The lowest BCUT2D eigenvalue weighted by molar-refractivity contribution is -0.140. The van der Waals surface area contributed by atoms with Crippen molar-refractivity contribution in [3.8, 4) is 0 Å². The highest BCUT2D eigenvalue weighted by molar-refractivity contribution is 5.92. The lowest BCUT2D eigenvalue weighted by Crippen LogP contribution is -2.51. The molecule has 0 rings (SSSR count). The van der Waals surface area contributed by atoms with Gasteiger partial charge in [0.25, 0.3) is 0 Å². The Hall–Kier alpha value is -2.49. The number of carbonyl (C=O) groups excluding carboxylic acids is 3. The quantitative estimate of drug-likeness (QED) is 0.293. The summed E-state index contributed by atoms with van der Waals surface area (Å²) in [6.45, 7) is 4.28. The standard InChI is InChI=1S/C15H25N3O7/c1-8(2)17-10(4-5-13(21)22)15(25)16-7-12(20)18-11(9(3)19)6-14(23)24/h8,10-11,17H,4-7H2,1-3H3,(H,16,25)(H,18,20)(H,21,22)(H,23,24)/t10-,11-/m0/s1. The van der Waals surface area contributed by atoms with Crippen molar-refractivity contribution >= 4 is 29.5 Å². The molecule has 0 aromatic heterocycles. The van der Waals surface area contributed by atoms with Crippen LogP contribution in [0.5, 0.6) is 0 Å². The van der Waals surface area contributed by atoms with Crippen molar-refractivity contribution in [2.45, 2.75) is 58.2 Å². The van der Waals surface area contributed by atoms with E-state index in [1.54, 1.807) is 13.8 Å².